The van der Waals surface area contributed by atoms with Gasteiger partial charge in [-0.25, -0.2) is 9.97 Å². The second-order valence-corrected chi connectivity index (χ2v) is 3.35. The third-order valence-electron chi connectivity index (χ3n) is 1.97. The van der Waals surface area contributed by atoms with Gasteiger partial charge >= 0.3 is 0 Å². The Hall–Kier alpha value is -1.65. The zero-order valence-corrected chi connectivity index (χ0v) is 9.08. The summed E-state index contributed by atoms with van der Waals surface area (Å²) in [5.74, 6) is 1.09. The van der Waals surface area contributed by atoms with Gasteiger partial charge in [0.1, 0.15) is 11.6 Å². The Morgan fingerprint density at radius 3 is 2.93 bits per heavy atom. The van der Waals surface area contributed by atoms with Gasteiger partial charge < -0.3 is 11.1 Å². The molecule has 0 aliphatic carbocycles. The van der Waals surface area contributed by atoms with E-state index in [0.29, 0.717) is 24.6 Å². The molecule has 0 bridgehead atoms. The number of nitrogens with one attached hydrogen (secondary N) is 1. The molecule has 5 heteroatoms. The maximum absolute atomic E-state index is 11.2. The monoisotopic (exact) mass is 208 g/mol. The molecule has 1 aromatic rings. The van der Waals surface area contributed by atoms with Crippen LogP contribution in [0.3, 0.4) is 0 Å². The minimum atomic E-state index is 0.0254. The van der Waals surface area contributed by atoms with E-state index in [1.54, 1.807) is 13.1 Å². The van der Waals surface area contributed by atoms with Gasteiger partial charge in [-0.2, -0.15) is 0 Å². The number of aryl methyl sites for hydroxylation is 1. The van der Waals surface area contributed by atoms with Gasteiger partial charge in [0, 0.05) is 24.7 Å². The van der Waals surface area contributed by atoms with Crippen molar-refractivity contribution in [1.82, 2.24) is 15.3 Å². The van der Waals surface area contributed by atoms with Gasteiger partial charge in [0.05, 0.1) is 0 Å². The summed E-state index contributed by atoms with van der Waals surface area (Å²) in [4.78, 5) is 19.2. The van der Waals surface area contributed by atoms with Crippen molar-refractivity contribution in [2.75, 3.05) is 5.73 Å². The number of nitrogens with two attached hydrogens (primary N) is 1. The van der Waals surface area contributed by atoms with Crippen LogP contribution in [0.1, 0.15) is 31.2 Å². The molecule has 82 valence electrons. The molecular formula is C10H16N4O. The number of hydrogen-bond donors (Lipinski definition) is 2. The number of carbonyl (C=O) groups excluding carboxylic acids is 1. The molecule has 1 heterocycles. The summed E-state index contributed by atoms with van der Waals surface area (Å²) in [7, 11) is 0. The van der Waals surface area contributed by atoms with Crippen LogP contribution in [0.25, 0.3) is 0 Å². The summed E-state index contributed by atoms with van der Waals surface area (Å²) in [5.41, 5.74) is 6.43. The summed E-state index contributed by atoms with van der Waals surface area (Å²) in [6.07, 6.45) is 3.02. The fraction of sp³-hybridized carbons (Fsp3) is 0.500. The number of anilines is 1. The lowest BCUT2D eigenvalue weighted by atomic mass is 10.3. The van der Waals surface area contributed by atoms with Crippen LogP contribution in [0.2, 0.25) is 0 Å². The van der Waals surface area contributed by atoms with E-state index in [1.807, 2.05) is 6.92 Å². The Morgan fingerprint density at radius 1 is 1.60 bits per heavy atom. The summed E-state index contributed by atoms with van der Waals surface area (Å²) < 4.78 is 0. The lowest BCUT2D eigenvalue weighted by Crippen LogP contribution is -2.23. The smallest absolute Gasteiger partial charge is 0.220 e. The van der Waals surface area contributed by atoms with Crippen molar-refractivity contribution in [2.24, 2.45) is 0 Å². The molecule has 0 saturated heterocycles. The Morgan fingerprint density at radius 2 is 2.33 bits per heavy atom. The highest BCUT2D eigenvalue weighted by Gasteiger charge is 2.04. The van der Waals surface area contributed by atoms with Crippen LogP contribution < -0.4 is 11.1 Å². The minimum Gasteiger partial charge on any atom is -0.383 e. The second kappa shape index (κ2) is 5.29. The predicted octanol–water partition coefficient (Wildman–Crippen LogP) is 0.784. The van der Waals surface area contributed by atoms with Gasteiger partial charge in [-0.3, -0.25) is 4.79 Å². The number of hydrogen-bond acceptors (Lipinski definition) is 4. The van der Waals surface area contributed by atoms with E-state index < -0.39 is 0 Å². The molecule has 1 aromatic heterocycles. The first-order valence-electron chi connectivity index (χ1n) is 4.98. The third-order valence-corrected chi connectivity index (χ3v) is 1.97. The van der Waals surface area contributed by atoms with Gasteiger partial charge in [0.25, 0.3) is 0 Å². The lowest BCUT2D eigenvalue weighted by Gasteiger charge is -2.06. The number of rotatable bonds is 4. The SMILES string of the molecule is CCCC(=O)NCc1cnc(C)nc1N. The molecule has 3 N–H and O–H groups in total. The standard InChI is InChI=1S/C10H16N4O/c1-3-4-9(15)13-6-8-5-12-7(2)14-10(8)11/h5H,3-4,6H2,1-2H3,(H,13,15)(H2,11,12,14). The van der Waals surface area contributed by atoms with Crippen molar-refractivity contribution in [3.05, 3.63) is 17.6 Å². The van der Waals surface area contributed by atoms with E-state index >= 15 is 0 Å². The van der Waals surface area contributed by atoms with Gasteiger partial charge in [-0.15, -0.1) is 0 Å². The minimum absolute atomic E-state index is 0.0254. The highest BCUT2D eigenvalue weighted by atomic mass is 16.1. The Labute approximate surface area is 89.1 Å². The maximum Gasteiger partial charge on any atom is 0.220 e. The van der Waals surface area contributed by atoms with Crippen LogP contribution in [-0.4, -0.2) is 15.9 Å². The molecule has 0 radical (unpaired) electrons. The second-order valence-electron chi connectivity index (χ2n) is 3.35. The number of aromatic nitrogens is 2. The van der Waals surface area contributed by atoms with Crippen LogP contribution in [0, 0.1) is 6.92 Å². The average molecular weight is 208 g/mol. The molecule has 0 aliphatic heterocycles. The number of carbonyl (C=O) groups is 1. The molecule has 0 aromatic carbocycles. The highest BCUT2D eigenvalue weighted by Crippen LogP contribution is 2.06. The number of amides is 1. The number of nitrogens with zero attached hydrogens (tertiary/aromatic N) is 2. The van der Waals surface area contributed by atoms with Crippen LogP contribution in [0.4, 0.5) is 5.82 Å². The van der Waals surface area contributed by atoms with E-state index in [4.69, 9.17) is 5.73 Å². The molecule has 0 spiro atoms. The summed E-state index contributed by atoms with van der Waals surface area (Å²) in [6.45, 7) is 4.13. The van der Waals surface area contributed by atoms with E-state index in [-0.39, 0.29) is 5.91 Å². The highest BCUT2D eigenvalue weighted by molar-refractivity contribution is 5.75. The lowest BCUT2D eigenvalue weighted by molar-refractivity contribution is -0.121. The van der Waals surface area contributed by atoms with E-state index in [1.165, 1.54) is 0 Å². The van der Waals surface area contributed by atoms with Crippen LogP contribution in [0.5, 0.6) is 0 Å². The average Bonchev–Trinajstić information content (AvgIpc) is 2.17. The van der Waals surface area contributed by atoms with Crippen molar-refractivity contribution >= 4 is 11.7 Å². The van der Waals surface area contributed by atoms with Crippen molar-refractivity contribution in [3.63, 3.8) is 0 Å². The summed E-state index contributed by atoms with van der Waals surface area (Å²) in [6, 6.07) is 0. The first-order chi connectivity index (χ1) is 7.13. The molecule has 0 unspecified atom stereocenters. The zero-order chi connectivity index (χ0) is 11.3. The fourth-order valence-electron chi connectivity index (χ4n) is 1.16. The Bertz CT molecular complexity index is 351. The normalized spacial score (nSPS) is 10.0. The van der Waals surface area contributed by atoms with Gasteiger partial charge in [-0.05, 0) is 13.3 Å². The summed E-state index contributed by atoms with van der Waals surface area (Å²) in [5, 5.41) is 2.76. The van der Waals surface area contributed by atoms with Gasteiger partial charge in [0.2, 0.25) is 5.91 Å². The molecule has 0 atom stereocenters. The maximum atomic E-state index is 11.2. The van der Waals surface area contributed by atoms with Crippen molar-refractivity contribution in [3.8, 4) is 0 Å². The molecule has 0 fully saturated rings. The topological polar surface area (TPSA) is 80.9 Å². The molecule has 1 rings (SSSR count). The Kier molecular flexibility index (Phi) is 4.03. The molecule has 5 nitrogen and oxygen atoms in total. The molecule has 0 saturated carbocycles. The number of nitrogen functional groups attached to an aromatic ring is 1. The molecule has 0 aliphatic rings. The third kappa shape index (κ3) is 3.53. The van der Waals surface area contributed by atoms with Crippen molar-refractivity contribution in [1.29, 1.82) is 0 Å². The first-order valence-corrected chi connectivity index (χ1v) is 4.98. The van der Waals surface area contributed by atoms with E-state index in [2.05, 4.69) is 15.3 Å². The molecule has 15 heavy (non-hydrogen) atoms. The molecular weight excluding hydrogens is 192 g/mol. The summed E-state index contributed by atoms with van der Waals surface area (Å²) >= 11 is 0. The Balaban J connectivity index is 2.54. The van der Waals surface area contributed by atoms with E-state index in [0.717, 1.165) is 12.0 Å². The van der Waals surface area contributed by atoms with Gasteiger partial charge in [0.15, 0.2) is 0 Å². The van der Waals surface area contributed by atoms with Crippen LogP contribution in [-0.2, 0) is 11.3 Å². The zero-order valence-electron chi connectivity index (χ0n) is 9.08. The quantitative estimate of drug-likeness (QED) is 0.766. The molecule has 1 amide bonds. The predicted molar refractivity (Wildman–Crippen MR) is 57.9 cm³/mol. The van der Waals surface area contributed by atoms with Crippen molar-refractivity contribution < 1.29 is 4.79 Å². The fourth-order valence-corrected chi connectivity index (χ4v) is 1.16. The van der Waals surface area contributed by atoms with E-state index in [9.17, 15) is 4.79 Å². The van der Waals surface area contributed by atoms with Gasteiger partial charge in [-0.1, -0.05) is 6.92 Å². The largest absolute Gasteiger partial charge is 0.383 e. The van der Waals surface area contributed by atoms with Crippen molar-refractivity contribution in [2.45, 2.75) is 33.2 Å². The van der Waals surface area contributed by atoms with Crippen LogP contribution >= 0.6 is 0 Å². The first kappa shape index (κ1) is 11.4. The van der Waals surface area contributed by atoms with Crippen LogP contribution in [0.15, 0.2) is 6.20 Å².